The number of aromatic nitrogens is 1. The van der Waals surface area contributed by atoms with Gasteiger partial charge < -0.3 is 15.0 Å². The zero-order valence-corrected chi connectivity index (χ0v) is 16.1. The van der Waals surface area contributed by atoms with Gasteiger partial charge in [0.2, 0.25) is 5.91 Å². The van der Waals surface area contributed by atoms with Gasteiger partial charge in [-0.25, -0.2) is 0 Å². The number of ether oxygens (including phenoxy) is 1. The summed E-state index contributed by atoms with van der Waals surface area (Å²) in [6.45, 7) is 3.83. The fraction of sp³-hybridized carbons (Fsp3) is 0.476. The SMILES string of the molecule is COc1ccc2nc(C)c(C(=O)NCCC(=O)N3CCCCCC3)cc2c1. The van der Waals surface area contributed by atoms with Gasteiger partial charge in [-0.1, -0.05) is 12.8 Å². The van der Waals surface area contributed by atoms with Gasteiger partial charge in [0.05, 0.1) is 23.9 Å². The maximum atomic E-state index is 12.6. The van der Waals surface area contributed by atoms with Crippen LogP contribution in [0.5, 0.6) is 5.75 Å². The molecule has 144 valence electrons. The Morgan fingerprint density at radius 1 is 1.15 bits per heavy atom. The van der Waals surface area contributed by atoms with Gasteiger partial charge in [-0.3, -0.25) is 14.6 Å². The van der Waals surface area contributed by atoms with Crippen molar-refractivity contribution in [1.29, 1.82) is 0 Å². The molecule has 6 heteroatoms. The lowest BCUT2D eigenvalue weighted by Crippen LogP contribution is -2.35. The number of benzene rings is 1. The molecule has 2 aromatic rings. The molecule has 0 bridgehead atoms. The quantitative estimate of drug-likeness (QED) is 0.879. The number of methoxy groups -OCH3 is 1. The second-order valence-electron chi connectivity index (χ2n) is 6.98. The highest BCUT2D eigenvalue weighted by molar-refractivity contribution is 5.99. The molecule has 0 spiro atoms. The van der Waals surface area contributed by atoms with Gasteiger partial charge in [-0.2, -0.15) is 0 Å². The fourth-order valence-corrected chi connectivity index (χ4v) is 3.46. The van der Waals surface area contributed by atoms with Crippen molar-refractivity contribution in [3.63, 3.8) is 0 Å². The van der Waals surface area contributed by atoms with Crippen LogP contribution in [0, 0.1) is 6.92 Å². The maximum Gasteiger partial charge on any atom is 0.253 e. The summed E-state index contributed by atoms with van der Waals surface area (Å²) in [6, 6.07) is 7.42. The molecule has 3 rings (SSSR count). The number of hydrogen-bond donors (Lipinski definition) is 1. The van der Waals surface area contributed by atoms with Gasteiger partial charge in [0.1, 0.15) is 5.75 Å². The van der Waals surface area contributed by atoms with E-state index in [9.17, 15) is 9.59 Å². The van der Waals surface area contributed by atoms with E-state index in [0.717, 1.165) is 42.6 Å². The lowest BCUT2D eigenvalue weighted by Gasteiger charge is -2.20. The van der Waals surface area contributed by atoms with E-state index < -0.39 is 0 Å². The van der Waals surface area contributed by atoms with E-state index in [4.69, 9.17) is 4.74 Å². The number of hydrogen-bond acceptors (Lipinski definition) is 4. The molecule has 1 saturated heterocycles. The van der Waals surface area contributed by atoms with Crippen LogP contribution >= 0.6 is 0 Å². The normalized spacial score (nSPS) is 14.7. The van der Waals surface area contributed by atoms with Crippen molar-refractivity contribution in [3.8, 4) is 5.75 Å². The number of nitrogens with zero attached hydrogens (tertiary/aromatic N) is 2. The maximum absolute atomic E-state index is 12.6. The Labute approximate surface area is 159 Å². The number of fused-ring (bicyclic) bond motifs is 1. The first-order chi connectivity index (χ1) is 13.1. The Hall–Kier alpha value is -2.63. The molecule has 0 aliphatic carbocycles. The zero-order chi connectivity index (χ0) is 19.2. The van der Waals surface area contributed by atoms with E-state index in [0.29, 0.717) is 24.2 Å². The highest BCUT2D eigenvalue weighted by Gasteiger charge is 2.16. The number of carbonyl (C=O) groups is 2. The Kier molecular flexibility index (Phi) is 6.27. The van der Waals surface area contributed by atoms with E-state index in [2.05, 4.69) is 10.3 Å². The van der Waals surface area contributed by atoms with Crippen molar-refractivity contribution in [2.75, 3.05) is 26.7 Å². The fourth-order valence-electron chi connectivity index (χ4n) is 3.46. The minimum Gasteiger partial charge on any atom is -0.497 e. The molecule has 2 heterocycles. The number of amides is 2. The summed E-state index contributed by atoms with van der Waals surface area (Å²) in [5.41, 5.74) is 2.02. The van der Waals surface area contributed by atoms with Crippen LogP contribution in [0.3, 0.4) is 0 Å². The van der Waals surface area contributed by atoms with Crippen molar-refractivity contribution in [1.82, 2.24) is 15.2 Å². The van der Waals surface area contributed by atoms with Crippen LogP contribution in [0.4, 0.5) is 0 Å². The predicted octanol–water partition coefficient (Wildman–Crippen LogP) is 3.07. The van der Waals surface area contributed by atoms with Gasteiger partial charge in [-0.15, -0.1) is 0 Å². The van der Waals surface area contributed by atoms with Crippen molar-refractivity contribution >= 4 is 22.7 Å². The van der Waals surface area contributed by atoms with Crippen molar-refractivity contribution in [3.05, 3.63) is 35.5 Å². The number of aryl methyl sites for hydroxylation is 1. The molecular formula is C21H27N3O3. The van der Waals surface area contributed by atoms with Crippen LogP contribution in [0.15, 0.2) is 24.3 Å². The smallest absolute Gasteiger partial charge is 0.253 e. The minimum absolute atomic E-state index is 0.121. The predicted molar refractivity (Wildman–Crippen MR) is 105 cm³/mol. The molecule has 0 saturated carbocycles. The summed E-state index contributed by atoms with van der Waals surface area (Å²) in [6.07, 6.45) is 4.87. The Balaban J connectivity index is 1.61. The van der Waals surface area contributed by atoms with Crippen LogP contribution in [0.25, 0.3) is 10.9 Å². The summed E-state index contributed by atoms with van der Waals surface area (Å²) >= 11 is 0. The molecular weight excluding hydrogens is 342 g/mol. The third-order valence-corrected chi connectivity index (χ3v) is 5.04. The number of nitrogens with one attached hydrogen (secondary N) is 1. The summed E-state index contributed by atoms with van der Waals surface area (Å²) in [4.78, 5) is 31.3. The molecule has 1 aromatic heterocycles. The molecule has 1 aliphatic rings. The monoisotopic (exact) mass is 369 g/mol. The van der Waals surface area contributed by atoms with E-state index in [-0.39, 0.29) is 11.8 Å². The third-order valence-electron chi connectivity index (χ3n) is 5.04. The van der Waals surface area contributed by atoms with Crippen LogP contribution < -0.4 is 10.1 Å². The molecule has 1 aromatic carbocycles. The molecule has 2 amide bonds. The van der Waals surface area contributed by atoms with Crippen molar-refractivity contribution in [2.24, 2.45) is 0 Å². The Morgan fingerprint density at radius 3 is 2.59 bits per heavy atom. The van der Waals surface area contributed by atoms with Crippen molar-refractivity contribution < 1.29 is 14.3 Å². The topological polar surface area (TPSA) is 71.5 Å². The number of pyridine rings is 1. The molecule has 27 heavy (non-hydrogen) atoms. The van der Waals surface area contributed by atoms with Crippen molar-refractivity contribution in [2.45, 2.75) is 39.0 Å². The molecule has 1 N–H and O–H groups in total. The van der Waals surface area contributed by atoms with Crippen LogP contribution in [0.1, 0.15) is 48.2 Å². The summed E-state index contributed by atoms with van der Waals surface area (Å²) < 4.78 is 5.24. The molecule has 0 radical (unpaired) electrons. The minimum atomic E-state index is -0.201. The molecule has 0 atom stereocenters. The average molecular weight is 369 g/mol. The number of likely N-dealkylation sites (tertiary alicyclic amines) is 1. The third kappa shape index (κ3) is 4.76. The van der Waals surface area contributed by atoms with E-state index >= 15 is 0 Å². The average Bonchev–Trinajstić information content (AvgIpc) is 2.96. The highest BCUT2D eigenvalue weighted by atomic mass is 16.5. The number of carbonyl (C=O) groups excluding carboxylic acids is 2. The first-order valence-corrected chi connectivity index (χ1v) is 9.60. The second-order valence-corrected chi connectivity index (χ2v) is 6.98. The molecule has 1 aliphatic heterocycles. The Morgan fingerprint density at radius 2 is 1.89 bits per heavy atom. The van der Waals surface area contributed by atoms with Gasteiger partial charge in [0.15, 0.2) is 0 Å². The van der Waals surface area contributed by atoms with Gasteiger partial charge in [0, 0.05) is 31.4 Å². The van der Waals surface area contributed by atoms with Gasteiger partial charge in [0.25, 0.3) is 5.91 Å². The van der Waals surface area contributed by atoms with Crippen LogP contribution in [-0.2, 0) is 4.79 Å². The van der Waals surface area contributed by atoms with Crippen LogP contribution in [-0.4, -0.2) is 48.4 Å². The first-order valence-electron chi connectivity index (χ1n) is 9.60. The van der Waals surface area contributed by atoms with Gasteiger partial charge in [-0.05, 0) is 44.0 Å². The Bertz CT molecular complexity index is 827. The highest BCUT2D eigenvalue weighted by Crippen LogP contribution is 2.22. The number of rotatable bonds is 5. The second kappa shape index (κ2) is 8.84. The van der Waals surface area contributed by atoms with E-state index in [1.165, 1.54) is 12.8 Å². The van der Waals surface area contributed by atoms with Gasteiger partial charge >= 0.3 is 0 Å². The van der Waals surface area contributed by atoms with E-state index in [1.807, 2.05) is 36.1 Å². The summed E-state index contributed by atoms with van der Waals surface area (Å²) in [5, 5.41) is 3.71. The zero-order valence-electron chi connectivity index (χ0n) is 16.1. The standard InChI is InChI=1S/C21H27N3O3/c1-15-18(14-16-13-17(27-2)7-8-19(16)23-15)21(26)22-10-9-20(25)24-11-5-3-4-6-12-24/h7-8,13-14H,3-6,9-12H2,1-2H3,(H,22,26). The summed E-state index contributed by atoms with van der Waals surface area (Å²) in [5.74, 6) is 0.645. The largest absolute Gasteiger partial charge is 0.497 e. The molecule has 0 unspecified atom stereocenters. The molecule has 1 fully saturated rings. The van der Waals surface area contributed by atoms with Crippen LogP contribution in [0.2, 0.25) is 0 Å². The van der Waals surface area contributed by atoms with E-state index in [1.54, 1.807) is 7.11 Å². The summed E-state index contributed by atoms with van der Waals surface area (Å²) in [7, 11) is 1.61. The lowest BCUT2D eigenvalue weighted by atomic mass is 10.1. The first kappa shape index (κ1) is 19.1. The lowest BCUT2D eigenvalue weighted by molar-refractivity contribution is -0.131. The molecule has 6 nitrogen and oxygen atoms in total.